The van der Waals surface area contributed by atoms with Crippen LogP contribution in [0.2, 0.25) is 0 Å². The number of hydrogen-bond acceptors (Lipinski definition) is 5. The Morgan fingerprint density at radius 1 is 1.12 bits per heavy atom. The molecule has 6 heteroatoms. The molecule has 0 bridgehead atoms. The first-order valence-electron chi connectivity index (χ1n) is 8.87. The minimum absolute atomic E-state index is 0.0123. The van der Waals surface area contributed by atoms with Crippen LogP contribution in [-0.4, -0.2) is 22.3 Å². The first-order chi connectivity index (χ1) is 12.5. The number of amides is 1. The Balaban J connectivity index is 1.75. The van der Waals surface area contributed by atoms with Crippen LogP contribution in [-0.2, 0) is 0 Å². The quantitative estimate of drug-likeness (QED) is 0.628. The number of hydrogen-bond donors (Lipinski definition) is 4. The molecule has 138 valence electrons. The van der Waals surface area contributed by atoms with E-state index in [1.807, 2.05) is 6.07 Å². The summed E-state index contributed by atoms with van der Waals surface area (Å²) >= 11 is 0. The summed E-state index contributed by atoms with van der Waals surface area (Å²) in [6.45, 7) is 0. The third-order valence-corrected chi connectivity index (χ3v) is 4.59. The maximum Gasteiger partial charge on any atom is 0.412 e. The molecule has 0 aromatic heterocycles. The molecule has 26 heavy (non-hydrogen) atoms. The van der Waals surface area contributed by atoms with E-state index in [1.54, 1.807) is 30.3 Å². The highest BCUT2D eigenvalue weighted by Gasteiger charge is 2.17. The van der Waals surface area contributed by atoms with Gasteiger partial charge in [0, 0.05) is 12.1 Å². The lowest BCUT2D eigenvalue weighted by molar-refractivity contribution is 0.186. The molecule has 1 amide bonds. The number of phenolic OH excluding ortho intramolecular Hbond substituents is 1. The van der Waals surface area contributed by atoms with Gasteiger partial charge < -0.3 is 26.0 Å². The summed E-state index contributed by atoms with van der Waals surface area (Å²) in [4.78, 5) is 12.1. The second-order valence-electron chi connectivity index (χ2n) is 6.65. The Morgan fingerprint density at radius 2 is 1.88 bits per heavy atom. The van der Waals surface area contributed by atoms with Gasteiger partial charge in [-0.15, -0.1) is 0 Å². The molecule has 0 radical (unpaired) electrons. The number of aliphatic hydroxyl groups excluding tert-OH is 1. The van der Waals surface area contributed by atoms with Gasteiger partial charge in [-0.1, -0.05) is 37.5 Å². The zero-order chi connectivity index (χ0) is 18.5. The minimum Gasteiger partial charge on any atom is -0.508 e. The molecule has 2 aromatic rings. The highest BCUT2D eigenvalue weighted by atomic mass is 16.6. The van der Waals surface area contributed by atoms with E-state index in [9.17, 15) is 15.0 Å². The topological polar surface area (TPSA) is 105 Å². The third kappa shape index (κ3) is 4.74. The van der Waals surface area contributed by atoms with E-state index < -0.39 is 12.3 Å². The predicted molar refractivity (Wildman–Crippen MR) is 98.7 cm³/mol. The largest absolute Gasteiger partial charge is 0.508 e. The number of nitrogens with two attached hydrogens (primary N) is 1. The van der Waals surface area contributed by atoms with Crippen molar-refractivity contribution < 1.29 is 19.7 Å². The van der Waals surface area contributed by atoms with Gasteiger partial charge >= 0.3 is 6.09 Å². The van der Waals surface area contributed by atoms with Crippen molar-refractivity contribution in [2.45, 2.75) is 44.4 Å². The number of nitrogens with one attached hydrogen (secondary N) is 1. The van der Waals surface area contributed by atoms with Crippen LogP contribution in [0.5, 0.6) is 11.5 Å². The molecule has 0 heterocycles. The Kier molecular flexibility index (Phi) is 5.75. The van der Waals surface area contributed by atoms with Gasteiger partial charge in [-0.3, -0.25) is 0 Å². The molecule has 6 nitrogen and oxygen atoms in total. The molecule has 1 aliphatic rings. The van der Waals surface area contributed by atoms with Crippen LogP contribution in [0.25, 0.3) is 11.1 Å². The summed E-state index contributed by atoms with van der Waals surface area (Å²) in [6, 6.07) is 11.8. The Bertz CT molecular complexity index is 770. The number of aromatic hydroxyl groups is 1. The molecule has 3 rings (SSSR count). The van der Waals surface area contributed by atoms with Crippen molar-refractivity contribution >= 4 is 6.09 Å². The maximum absolute atomic E-state index is 12.1. The molecule has 1 aliphatic carbocycles. The van der Waals surface area contributed by atoms with E-state index in [-0.39, 0.29) is 17.5 Å². The standard InChI is InChI=1S/C20H24N2O4/c21-19(24)14-6-4-5-13(9-14)15-10-17(23)12-18(11-15)26-20(25)22-16-7-2-1-3-8-16/h4-6,9-12,16,19,23-24H,1-3,7-8,21H2,(H,22,25). The highest BCUT2D eigenvalue weighted by Crippen LogP contribution is 2.30. The number of rotatable bonds is 4. The second-order valence-corrected chi connectivity index (χ2v) is 6.65. The van der Waals surface area contributed by atoms with Gasteiger partial charge in [-0.25, -0.2) is 4.79 Å². The summed E-state index contributed by atoms with van der Waals surface area (Å²) in [5.41, 5.74) is 7.47. The van der Waals surface area contributed by atoms with Crippen LogP contribution in [0.15, 0.2) is 42.5 Å². The van der Waals surface area contributed by atoms with Gasteiger partial charge in [0.25, 0.3) is 0 Å². The van der Waals surface area contributed by atoms with Crippen LogP contribution in [0.1, 0.15) is 43.9 Å². The summed E-state index contributed by atoms with van der Waals surface area (Å²) in [5.74, 6) is 0.244. The molecule has 1 unspecified atom stereocenters. The van der Waals surface area contributed by atoms with Gasteiger partial charge in [0.1, 0.15) is 17.7 Å². The van der Waals surface area contributed by atoms with Gasteiger partial charge in [0.05, 0.1) is 0 Å². The fourth-order valence-corrected chi connectivity index (χ4v) is 3.26. The van der Waals surface area contributed by atoms with Crippen molar-refractivity contribution in [3.8, 4) is 22.6 Å². The zero-order valence-electron chi connectivity index (χ0n) is 14.5. The molecule has 0 saturated heterocycles. The van der Waals surface area contributed by atoms with Gasteiger partial charge in [-0.05, 0) is 47.7 Å². The number of ether oxygens (including phenoxy) is 1. The maximum atomic E-state index is 12.1. The minimum atomic E-state index is -1.08. The number of carbonyl (C=O) groups excluding carboxylic acids is 1. The SMILES string of the molecule is NC(O)c1cccc(-c2cc(O)cc(OC(=O)NC3CCCCC3)c2)c1. The molecule has 5 N–H and O–H groups in total. The van der Waals surface area contributed by atoms with Crippen LogP contribution in [0, 0.1) is 0 Å². The summed E-state index contributed by atoms with van der Waals surface area (Å²) < 4.78 is 5.35. The van der Waals surface area contributed by atoms with E-state index in [1.165, 1.54) is 12.5 Å². The average molecular weight is 356 g/mol. The van der Waals surface area contributed by atoms with Crippen molar-refractivity contribution in [1.29, 1.82) is 0 Å². The smallest absolute Gasteiger partial charge is 0.412 e. The number of benzene rings is 2. The second kappa shape index (κ2) is 8.21. The van der Waals surface area contributed by atoms with Crippen molar-refractivity contribution in [2.75, 3.05) is 0 Å². The zero-order valence-corrected chi connectivity index (χ0v) is 14.5. The number of phenols is 1. The lowest BCUT2D eigenvalue weighted by atomic mass is 9.96. The molecule has 1 saturated carbocycles. The normalized spacial score (nSPS) is 16.1. The molecular formula is C20H24N2O4. The van der Waals surface area contributed by atoms with Crippen molar-refractivity contribution in [3.05, 3.63) is 48.0 Å². The summed E-state index contributed by atoms with van der Waals surface area (Å²) in [6.07, 6.45) is 3.78. The van der Waals surface area contributed by atoms with E-state index in [4.69, 9.17) is 10.5 Å². The lowest BCUT2D eigenvalue weighted by Gasteiger charge is -2.22. The Labute approximate surface area is 152 Å². The fraction of sp³-hybridized carbons (Fsp3) is 0.350. The van der Waals surface area contributed by atoms with Crippen LogP contribution < -0.4 is 15.8 Å². The first-order valence-corrected chi connectivity index (χ1v) is 8.87. The van der Waals surface area contributed by atoms with Gasteiger partial charge in [-0.2, -0.15) is 0 Å². The Morgan fingerprint density at radius 3 is 2.62 bits per heavy atom. The summed E-state index contributed by atoms with van der Waals surface area (Å²) in [7, 11) is 0. The van der Waals surface area contributed by atoms with Crippen molar-refractivity contribution in [2.24, 2.45) is 5.73 Å². The average Bonchev–Trinajstić information content (AvgIpc) is 2.62. The number of aliphatic hydroxyl groups is 1. The molecule has 0 spiro atoms. The van der Waals surface area contributed by atoms with Gasteiger partial charge in [0.2, 0.25) is 0 Å². The molecule has 1 atom stereocenters. The van der Waals surface area contributed by atoms with E-state index in [0.717, 1.165) is 31.2 Å². The lowest BCUT2D eigenvalue weighted by Crippen LogP contribution is -2.37. The molecular weight excluding hydrogens is 332 g/mol. The van der Waals surface area contributed by atoms with Crippen molar-refractivity contribution in [1.82, 2.24) is 5.32 Å². The molecule has 0 aliphatic heterocycles. The monoisotopic (exact) mass is 356 g/mol. The fourth-order valence-electron chi connectivity index (χ4n) is 3.26. The summed E-state index contributed by atoms with van der Waals surface area (Å²) in [5, 5.41) is 22.4. The van der Waals surface area contributed by atoms with Crippen LogP contribution in [0.3, 0.4) is 0 Å². The highest BCUT2D eigenvalue weighted by molar-refractivity contribution is 5.73. The van der Waals surface area contributed by atoms with E-state index in [2.05, 4.69) is 5.32 Å². The molecule has 1 fully saturated rings. The van der Waals surface area contributed by atoms with E-state index >= 15 is 0 Å². The predicted octanol–water partition coefficient (Wildman–Crippen LogP) is 3.43. The van der Waals surface area contributed by atoms with Gasteiger partial charge in [0.15, 0.2) is 0 Å². The Hall–Kier alpha value is -2.57. The first kappa shape index (κ1) is 18.2. The molecule has 2 aromatic carbocycles. The van der Waals surface area contributed by atoms with Crippen molar-refractivity contribution in [3.63, 3.8) is 0 Å². The third-order valence-electron chi connectivity index (χ3n) is 4.59. The van der Waals surface area contributed by atoms with Crippen LogP contribution in [0.4, 0.5) is 4.79 Å². The number of carbonyl (C=O) groups is 1. The van der Waals surface area contributed by atoms with E-state index in [0.29, 0.717) is 11.1 Å². The van der Waals surface area contributed by atoms with Crippen LogP contribution >= 0.6 is 0 Å².